The highest BCUT2D eigenvalue weighted by Gasteiger charge is 2.12. The van der Waals surface area contributed by atoms with E-state index >= 15 is 0 Å². The summed E-state index contributed by atoms with van der Waals surface area (Å²) in [6.07, 6.45) is 1.08. The normalized spacial score (nSPS) is 13.5. The molecule has 0 fully saturated rings. The molecule has 1 atom stereocenters. The molecule has 0 amide bonds. The van der Waals surface area contributed by atoms with Gasteiger partial charge in [-0.1, -0.05) is 57.2 Å². The van der Waals surface area contributed by atoms with Crippen LogP contribution in [0.4, 0.5) is 0 Å². The number of benzene rings is 2. The van der Waals surface area contributed by atoms with Gasteiger partial charge in [0.15, 0.2) is 0 Å². The van der Waals surface area contributed by atoms with Crippen LogP contribution in [-0.4, -0.2) is 20.3 Å². The fraction of sp³-hybridized carbons (Fsp3) is 0.474. The van der Waals surface area contributed by atoms with Gasteiger partial charge in [0, 0.05) is 6.61 Å². The van der Waals surface area contributed by atoms with Crippen LogP contribution >= 0.6 is 0 Å². The van der Waals surface area contributed by atoms with Gasteiger partial charge in [-0.25, -0.2) is 0 Å². The van der Waals surface area contributed by atoms with Crippen molar-refractivity contribution in [3.8, 4) is 0 Å². The Morgan fingerprint density at radius 2 is 1.76 bits per heavy atom. The van der Waals surface area contributed by atoms with Crippen LogP contribution in [0.1, 0.15) is 38.8 Å². The van der Waals surface area contributed by atoms with Gasteiger partial charge in [-0.2, -0.15) is 0 Å². The summed E-state index contributed by atoms with van der Waals surface area (Å²) in [6, 6.07) is 15.3. The maximum Gasteiger partial charge on any atom is 0.0661 e. The molecule has 0 spiro atoms. The number of nitrogens with one attached hydrogen (secondary N) is 1. The summed E-state index contributed by atoms with van der Waals surface area (Å²) in [6.45, 7) is 8.26. The Balaban J connectivity index is 1.99. The minimum atomic E-state index is 0.245. The molecule has 0 aliphatic heterocycles. The average Bonchev–Trinajstić information content (AvgIpc) is 2.46. The van der Waals surface area contributed by atoms with Crippen molar-refractivity contribution in [3.05, 3.63) is 48.0 Å². The van der Waals surface area contributed by atoms with E-state index in [4.69, 9.17) is 4.74 Å². The molecule has 0 heterocycles. The van der Waals surface area contributed by atoms with E-state index in [2.05, 4.69) is 68.6 Å². The van der Waals surface area contributed by atoms with Crippen LogP contribution in [0, 0.1) is 5.41 Å². The molecule has 0 saturated carbocycles. The molecule has 0 aliphatic rings. The zero-order valence-electron chi connectivity index (χ0n) is 13.6. The van der Waals surface area contributed by atoms with Crippen molar-refractivity contribution in [3.63, 3.8) is 0 Å². The maximum atomic E-state index is 5.87. The summed E-state index contributed by atoms with van der Waals surface area (Å²) in [4.78, 5) is 0. The van der Waals surface area contributed by atoms with Crippen LogP contribution in [0.2, 0.25) is 0 Å². The third kappa shape index (κ3) is 4.83. The van der Waals surface area contributed by atoms with Crippen LogP contribution in [0.15, 0.2) is 42.5 Å². The smallest absolute Gasteiger partial charge is 0.0661 e. The van der Waals surface area contributed by atoms with Crippen molar-refractivity contribution in [1.29, 1.82) is 0 Å². The summed E-state index contributed by atoms with van der Waals surface area (Å²) in [5.41, 5.74) is 1.62. The first kappa shape index (κ1) is 16.0. The number of hydrogen-bond donors (Lipinski definition) is 1. The second-order valence-electron chi connectivity index (χ2n) is 6.83. The van der Waals surface area contributed by atoms with Gasteiger partial charge in [-0.05, 0) is 41.3 Å². The predicted octanol–water partition coefficient (Wildman–Crippen LogP) is 4.55. The molecule has 114 valence electrons. The van der Waals surface area contributed by atoms with Crippen molar-refractivity contribution in [2.75, 3.05) is 20.3 Å². The van der Waals surface area contributed by atoms with Crippen molar-refractivity contribution >= 4 is 10.8 Å². The van der Waals surface area contributed by atoms with Crippen molar-refractivity contribution in [1.82, 2.24) is 5.32 Å². The van der Waals surface area contributed by atoms with Crippen LogP contribution in [-0.2, 0) is 4.74 Å². The molecule has 0 radical (unpaired) electrons. The maximum absolute atomic E-state index is 5.87. The largest absolute Gasteiger partial charge is 0.379 e. The Morgan fingerprint density at radius 3 is 2.43 bits per heavy atom. The van der Waals surface area contributed by atoms with E-state index in [1.54, 1.807) is 0 Å². The Hall–Kier alpha value is -1.38. The van der Waals surface area contributed by atoms with Crippen LogP contribution in [0.3, 0.4) is 0 Å². The zero-order valence-corrected chi connectivity index (χ0v) is 13.6. The molecule has 2 nitrogen and oxygen atoms in total. The SMILES string of the molecule is CNC(COCCC(C)(C)C)c1ccc2ccccc2c1. The molecule has 0 bridgehead atoms. The third-order valence-electron chi connectivity index (χ3n) is 3.81. The van der Waals surface area contributed by atoms with Gasteiger partial charge in [-0.15, -0.1) is 0 Å². The van der Waals surface area contributed by atoms with Gasteiger partial charge in [0.05, 0.1) is 12.6 Å². The first-order chi connectivity index (χ1) is 9.99. The summed E-state index contributed by atoms with van der Waals surface area (Å²) in [5, 5.41) is 5.92. The zero-order chi connectivity index (χ0) is 15.3. The Labute approximate surface area is 128 Å². The molecule has 2 rings (SSSR count). The highest BCUT2D eigenvalue weighted by molar-refractivity contribution is 5.83. The first-order valence-electron chi connectivity index (χ1n) is 7.73. The van der Waals surface area contributed by atoms with Crippen molar-refractivity contribution in [2.45, 2.75) is 33.2 Å². The molecule has 0 aromatic heterocycles. The summed E-state index contributed by atoms with van der Waals surface area (Å²) >= 11 is 0. The van der Waals surface area contributed by atoms with Gasteiger partial charge in [-0.3, -0.25) is 0 Å². The lowest BCUT2D eigenvalue weighted by Crippen LogP contribution is -2.22. The number of hydrogen-bond acceptors (Lipinski definition) is 2. The van der Waals surface area contributed by atoms with E-state index < -0.39 is 0 Å². The van der Waals surface area contributed by atoms with E-state index in [0.717, 1.165) is 13.0 Å². The molecule has 2 aromatic rings. The number of fused-ring (bicyclic) bond motifs is 1. The lowest BCUT2D eigenvalue weighted by atomic mass is 9.93. The minimum Gasteiger partial charge on any atom is -0.379 e. The summed E-state index contributed by atoms with van der Waals surface area (Å²) < 4.78 is 5.87. The lowest BCUT2D eigenvalue weighted by Gasteiger charge is -2.21. The second-order valence-corrected chi connectivity index (χ2v) is 6.83. The van der Waals surface area contributed by atoms with Gasteiger partial charge in [0.2, 0.25) is 0 Å². The number of likely N-dealkylation sites (N-methyl/N-ethyl adjacent to an activating group) is 1. The highest BCUT2D eigenvalue weighted by Crippen LogP contribution is 2.22. The highest BCUT2D eigenvalue weighted by atomic mass is 16.5. The van der Waals surface area contributed by atoms with E-state index in [9.17, 15) is 0 Å². The summed E-state index contributed by atoms with van der Waals surface area (Å²) in [7, 11) is 1.99. The molecule has 2 aromatic carbocycles. The predicted molar refractivity (Wildman–Crippen MR) is 90.6 cm³/mol. The van der Waals surface area contributed by atoms with Crippen LogP contribution in [0.25, 0.3) is 10.8 Å². The lowest BCUT2D eigenvalue weighted by molar-refractivity contribution is 0.0914. The second kappa shape index (κ2) is 7.06. The third-order valence-corrected chi connectivity index (χ3v) is 3.81. The van der Waals surface area contributed by atoms with Crippen LogP contribution in [0.5, 0.6) is 0 Å². The Morgan fingerprint density at radius 1 is 1.05 bits per heavy atom. The quantitative estimate of drug-likeness (QED) is 0.786. The van der Waals surface area contributed by atoms with Crippen LogP contribution < -0.4 is 5.32 Å². The molecule has 21 heavy (non-hydrogen) atoms. The molecule has 1 N–H and O–H groups in total. The topological polar surface area (TPSA) is 21.3 Å². The molecule has 2 heteroatoms. The van der Waals surface area contributed by atoms with E-state index in [-0.39, 0.29) is 6.04 Å². The minimum absolute atomic E-state index is 0.245. The molecule has 1 unspecified atom stereocenters. The van der Waals surface area contributed by atoms with Crippen molar-refractivity contribution < 1.29 is 4.74 Å². The number of rotatable bonds is 6. The van der Waals surface area contributed by atoms with Crippen molar-refractivity contribution in [2.24, 2.45) is 5.41 Å². The van der Waals surface area contributed by atoms with Gasteiger partial charge in [0.25, 0.3) is 0 Å². The molecule has 0 aliphatic carbocycles. The van der Waals surface area contributed by atoms with E-state index in [1.807, 2.05) is 7.05 Å². The van der Waals surface area contributed by atoms with E-state index in [0.29, 0.717) is 12.0 Å². The fourth-order valence-corrected chi connectivity index (χ4v) is 2.35. The monoisotopic (exact) mass is 285 g/mol. The molecular formula is C19H27NO. The Bertz CT molecular complexity index is 571. The van der Waals surface area contributed by atoms with Gasteiger partial charge < -0.3 is 10.1 Å². The standard InChI is InChI=1S/C19H27NO/c1-19(2,3)11-12-21-14-18(20-4)17-10-9-15-7-5-6-8-16(15)13-17/h5-10,13,18,20H,11-12,14H2,1-4H3. The van der Waals surface area contributed by atoms with Gasteiger partial charge in [0.1, 0.15) is 0 Å². The Kier molecular flexibility index (Phi) is 5.38. The first-order valence-corrected chi connectivity index (χ1v) is 7.73. The van der Waals surface area contributed by atoms with E-state index in [1.165, 1.54) is 16.3 Å². The molecular weight excluding hydrogens is 258 g/mol. The summed E-state index contributed by atoms with van der Waals surface area (Å²) in [5.74, 6) is 0. The average molecular weight is 285 g/mol. The number of ether oxygens (including phenoxy) is 1. The molecule has 0 saturated heterocycles. The fourth-order valence-electron chi connectivity index (χ4n) is 2.35. The van der Waals surface area contributed by atoms with Gasteiger partial charge >= 0.3 is 0 Å².